The van der Waals surface area contributed by atoms with Gasteiger partial charge in [0.05, 0.1) is 11.0 Å². The van der Waals surface area contributed by atoms with E-state index in [4.69, 9.17) is 4.98 Å². The maximum Gasteiger partial charge on any atom is 0.109 e. The Labute approximate surface area is 115 Å². The first kappa shape index (κ1) is 12.7. The molecule has 0 aliphatic heterocycles. The third kappa shape index (κ3) is 2.16. The highest BCUT2D eigenvalue weighted by Crippen LogP contribution is 2.34. The second kappa shape index (κ2) is 4.97. The van der Waals surface area contributed by atoms with Crippen molar-refractivity contribution in [3.05, 3.63) is 30.1 Å². The van der Waals surface area contributed by atoms with Crippen molar-refractivity contribution in [2.24, 2.45) is 18.9 Å². The van der Waals surface area contributed by atoms with Gasteiger partial charge in [0.25, 0.3) is 0 Å². The van der Waals surface area contributed by atoms with Gasteiger partial charge in [-0.05, 0) is 43.9 Å². The fourth-order valence-electron chi connectivity index (χ4n) is 3.56. The van der Waals surface area contributed by atoms with Gasteiger partial charge >= 0.3 is 0 Å². The highest BCUT2D eigenvalue weighted by molar-refractivity contribution is 5.75. The van der Waals surface area contributed by atoms with Gasteiger partial charge in [-0.25, -0.2) is 4.98 Å². The smallest absolute Gasteiger partial charge is 0.109 e. The van der Waals surface area contributed by atoms with Gasteiger partial charge in [-0.3, -0.25) is 0 Å². The van der Waals surface area contributed by atoms with E-state index in [1.165, 1.54) is 24.2 Å². The SMILES string of the molecule is CNC1CCC(Cc2nc3ccccc3n2C)C1C. The van der Waals surface area contributed by atoms with Crippen LogP contribution in [-0.4, -0.2) is 22.6 Å². The van der Waals surface area contributed by atoms with E-state index in [0.717, 1.165) is 23.8 Å². The Morgan fingerprint density at radius 2 is 2.11 bits per heavy atom. The quantitative estimate of drug-likeness (QED) is 0.916. The Kier molecular flexibility index (Phi) is 3.31. The van der Waals surface area contributed by atoms with E-state index in [0.29, 0.717) is 6.04 Å². The molecule has 1 saturated carbocycles. The summed E-state index contributed by atoms with van der Waals surface area (Å²) >= 11 is 0. The minimum absolute atomic E-state index is 0.680. The standard InChI is InChI=1S/C16H23N3/c1-11-12(8-9-13(11)17-2)10-16-18-14-6-4-5-7-15(14)19(16)3/h4-7,11-13,17H,8-10H2,1-3H3. The van der Waals surface area contributed by atoms with Crippen molar-refractivity contribution in [1.82, 2.24) is 14.9 Å². The summed E-state index contributed by atoms with van der Waals surface area (Å²) in [6.45, 7) is 2.38. The number of hydrogen-bond donors (Lipinski definition) is 1. The molecule has 1 heterocycles. The highest BCUT2D eigenvalue weighted by atomic mass is 15.1. The van der Waals surface area contributed by atoms with E-state index in [1.807, 2.05) is 0 Å². The van der Waals surface area contributed by atoms with Crippen molar-refractivity contribution in [1.29, 1.82) is 0 Å². The van der Waals surface area contributed by atoms with Crippen molar-refractivity contribution in [3.63, 3.8) is 0 Å². The van der Waals surface area contributed by atoms with Gasteiger partial charge in [-0.15, -0.1) is 0 Å². The molecular formula is C16H23N3. The predicted octanol–water partition coefficient (Wildman–Crippen LogP) is 2.75. The van der Waals surface area contributed by atoms with Crippen LogP contribution in [0.1, 0.15) is 25.6 Å². The molecular weight excluding hydrogens is 234 g/mol. The van der Waals surface area contributed by atoms with Crippen LogP contribution in [0, 0.1) is 11.8 Å². The minimum atomic E-state index is 0.680. The molecule has 1 aliphatic carbocycles. The molecule has 3 atom stereocenters. The molecule has 102 valence electrons. The molecule has 0 spiro atoms. The van der Waals surface area contributed by atoms with E-state index in [1.54, 1.807) is 0 Å². The second-order valence-electron chi connectivity index (χ2n) is 5.87. The van der Waals surface area contributed by atoms with Crippen molar-refractivity contribution in [2.75, 3.05) is 7.05 Å². The summed E-state index contributed by atoms with van der Waals surface area (Å²) in [6.07, 6.45) is 3.71. The molecule has 19 heavy (non-hydrogen) atoms. The van der Waals surface area contributed by atoms with Crippen LogP contribution in [0.3, 0.4) is 0 Å². The van der Waals surface area contributed by atoms with E-state index in [2.05, 4.69) is 55.2 Å². The Bertz CT molecular complexity index is 572. The molecule has 2 aromatic rings. The number of benzene rings is 1. The van der Waals surface area contributed by atoms with Crippen LogP contribution < -0.4 is 5.32 Å². The Hall–Kier alpha value is -1.35. The molecule has 0 amide bonds. The molecule has 3 unspecified atom stereocenters. The first-order chi connectivity index (χ1) is 9.20. The van der Waals surface area contributed by atoms with Crippen molar-refractivity contribution in [3.8, 4) is 0 Å². The predicted molar refractivity (Wildman–Crippen MR) is 79.2 cm³/mol. The molecule has 1 aliphatic rings. The molecule has 0 radical (unpaired) electrons. The lowest BCUT2D eigenvalue weighted by molar-refractivity contribution is 0.357. The molecule has 1 aromatic carbocycles. The third-order valence-electron chi connectivity index (χ3n) is 4.92. The fourth-order valence-corrected chi connectivity index (χ4v) is 3.56. The summed E-state index contributed by atoms with van der Waals surface area (Å²) in [5.41, 5.74) is 2.36. The molecule has 3 nitrogen and oxygen atoms in total. The van der Waals surface area contributed by atoms with Crippen LogP contribution in [-0.2, 0) is 13.5 Å². The van der Waals surface area contributed by atoms with Gasteiger partial charge in [-0.1, -0.05) is 19.1 Å². The van der Waals surface area contributed by atoms with Crippen LogP contribution in [0.25, 0.3) is 11.0 Å². The zero-order chi connectivity index (χ0) is 13.4. The number of fused-ring (bicyclic) bond motifs is 1. The van der Waals surface area contributed by atoms with E-state index < -0.39 is 0 Å². The number of nitrogens with zero attached hydrogens (tertiary/aromatic N) is 2. The van der Waals surface area contributed by atoms with Crippen LogP contribution in [0.5, 0.6) is 0 Å². The molecule has 1 fully saturated rings. The molecule has 3 heteroatoms. The lowest BCUT2D eigenvalue weighted by atomic mass is 9.92. The normalized spacial score (nSPS) is 27.2. The number of aryl methyl sites for hydroxylation is 1. The summed E-state index contributed by atoms with van der Waals surface area (Å²) in [5, 5.41) is 3.44. The van der Waals surface area contributed by atoms with Gasteiger partial charge in [0.1, 0.15) is 5.82 Å². The number of imidazole rings is 1. The molecule has 0 bridgehead atoms. The Morgan fingerprint density at radius 3 is 2.79 bits per heavy atom. The van der Waals surface area contributed by atoms with Crippen molar-refractivity contribution >= 4 is 11.0 Å². The van der Waals surface area contributed by atoms with Gasteiger partial charge in [0, 0.05) is 19.5 Å². The van der Waals surface area contributed by atoms with Gasteiger partial charge < -0.3 is 9.88 Å². The summed E-state index contributed by atoms with van der Waals surface area (Å²) in [4.78, 5) is 4.80. The average molecular weight is 257 g/mol. The zero-order valence-corrected chi connectivity index (χ0v) is 12.1. The van der Waals surface area contributed by atoms with Gasteiger partial charge in [0.2, 0.25) is 0 Å². The van der Waals surface area contributed by atoms with E-state index in [-0.39, 0.29) is 0 Å². The number of aromatic nitrogens is 2. The molecule has 0 saturated heterocycles. The van der Waals surface area contributed by atoms with Crippen LogP contribution in [0.15, 0.2) is 24.3 Å². The molecule has 3 rings (SSSR count). The molecule has 1 N–H and O–H groups in total. The van der Waals surface area contributed by atoms with Crippen LogP contribution in [0.2, 0.25) is 0 Å². The first-order valence-corrected chi connectivity index (χ1v) is 7.28. The lowest BCUT2D eigenvalue weighted by Crippen LogP contribution is -2.30. The van der Waals surface area contributed by atoms with Gasteiger partial charge in [0.15, 0.2) is 0 Å². The average Bonchev–Trinajstić information content (AvgIpc) is 2.93. The minimum Gasteiger partial charge on any atom is -0.331 e. The number of hydrogen-bond acceptors (Lipinski definition) is 2. The number of nitrogens with one attached hydrogen (secondary N) is 1. The monoisotopic (exact) mass is 257 g/mol. The number of rotatable bonds is 3. The van der Waals surface area contributed by atoms with E-state index in [9.17, 15) is 0 Å². The highest BCUT2D eigenvalue weighted by Gasteiger charge is 2.32. The van der Waals surface area contributed by atoms with Crippen molar-refractivity contribution < 1.29 is 0 Å². The summed E-state index contributed by atoms with van der Waals surface area (Å²) in [6, 6.07) is 9.09. The first-order valence-electron chi connectivity index (χ1n) is 7.28. The Morgan fingerprint density at radius 1 is 1.32 bits per heavy atom. The van der Waals surface area contributed by atoms with Gasteiger partial charge in [-0.2, -0.15) is 0 Å². The largest absolute Gasteiger partial charge is 0.331 e. The Balaban J connectivity index is 1.84. The maximum absolute atomic E-state index is 4.80. The number of para-hydroxylation sites is 2. The third-order valence-corrected chi connectivity index (χ3v) is 4.92. The lowest BCUT2D eigenvalue weighted by Gasteiger charge is -2.20. The van der Waals surface area contributed by atoms with Crippen LogP contribution in [0.4, 0.5) is 0 Å². The second-order valence-corrected chi connectivity index (χ2v) is 5.87. The summed E-state index contributed by atoms with van der Waals surface area (Å²) in [5.74, 6) is 2.73. The molecule has 1 aromatic heterocycles. The zero-order valence-electron chi connectivity index (χ0n) is 12.1. The summed E-state index contributed by atoms with van der Waals surface area (Å²) < 4.78 is 2.26. The fraction of sp³-hybridized carbons (Fsp3) is 0.562. The topological polar surface area (TPSA) is 29.9 Å². The maximum atomic E-state index is 4.80. The van der Waals surface area contributed by atoms with E-state index >= 15 is 0 Å². The van der Waals surface area contributed by atoms with Crippen LogP contribution >= 0.6 is 0 Å². The summed E-state index contributed by atoms with van der Waals surface area (Å²) in [7, 11) is 4.22. The van der Waals surface area contributed by atoms with Crippen molar-refractivity contribution in [2.45, 2.75) is 32.2 Å².